The Morgan fingerprint density at radius 1 is 0.929 bits per heavy atom. The van der Waals surface area contributed by atoms with Crippen LogP contribution in [0, 0.1) is 0 Å². The van der Waals surface area contributed by atoms with Gasteiger partial charge in [-0.05, 0) is 41.8 Å². The first-order valence-electron chi connectivity index (χ1n) is 9.29. The number of hydrogen-bond donors (Lipinski definition) is 1. The molecule has 1 atom stereocenters. The van der Waals surface area contributed by atoms with E-state index in [4.69, 9.17) is 9.47 Å². The lowest BCUT2D eigenvalue weighted by atomic mass is 10.1. The molecule has 1 N–H and O–H groups in total. The van der Waals surface area contributed by atoms with E-state index in [9.17, 15) is 9.59 Å². The zero-order chi connectivity index (χ0) is 20.5. The average Bonchev–Trinajstić information content (AvgIpc) is 2.74. The number of ether oxygens (including phenoxy) is 2. The van der Waals surface area contributed by atoms with Crippen molar-refractivity contribution < 1.29 is 19.1 Å². The van der Waals surface area contributed by atoms with E-state index in [-0.39, 0.29) is 18.2 Å². The average molecular weight is 384 g/mol. The summed E-state index contributed by atoms with van der Waals surface area (Å²) in [6.07, 6.45) is 0.748. The molecule has 0 radical (unpaired) electrons. The van der Waals surface area contributed by atoms with Crippen molar-refractivity contribution in [2.75, 3.05) is 21.3 Å². The molecule has 0 heterocycles. The van der Waals surface area contributed by atoms with Crippen LogP contribution in [0.5, 0.6) is 11.5 Å². The predicted molar refractivity (Wildman–Crippen MR) is 108 cm³/mol. The van der Waals surface area contributed by atoms with Gasteiger partial charge in [0.05, 0.1) is 20.6 Å². The molecule has 0 aliphatic heterocycles. The minimum atomic E-state index is -0.530. The molecular formula is C22H28N2O4. The number of amides is 2. The number of nitrogens with zero attached hydrogens (tertiary/aromatic N) is 1. The van der Waals surface area contributed by atoms with Gasteiger partial charge < -0.3 is 19.7 Å². The number of benzene rings is 2. The van der Waals surface area contributed by atoms with Gasteiger partial charge in [-0.1, -0.05) is 31.2 Å². The van der Waals surface area contributed by atoms with Gasteiger partial charge in [-0.3, -0.25) is 9.59 Å². The van der Waals surface area contributed by atoms with E-state index in [1.54, 1.807) is 26.2 Å². The molecule has 0 fully saturated rings. The quantitative estimate of drug-likeness (QED) is 0.722. The van der Waals surface area contributed by atoms with Gasteiger partial charge in [-0.25, -0.2) is 0 Å². The van der Waals surface area contributed by atoms with Crippen LogP contribution in [0.1, 0.15) is 24.5 Å². The largest absolute Gasteiger partial charge is 0.497 e. The summed E-state index contributed by atoms with van der Waals surface area (Å²) in [4.78, 5) is 27.1. The highest BCUT2D eigenvalue weighted by molar-refractivity contribution is 5.88. The molecule has 0 aliphatic carbocycles. The molecule has 2 rings (SSSR count). The highest BCUT2D eigenvalue weighted by atomic mass is 16.5. The maximum Gasteiger partial charge on any atom is 0.242 e. The Morgan fingerprint density at radius 2 is 1.43 bits per heavy atom. The van der Waals surface area contributed by atoms with Gasteiger partial charge >= 0.3 is 0 Å². The Hall–Kier alpha value is -3.02. The van der Waals surface area contributed by atoms with E-state index in [1.165, 1.54) is 0 Å². The first-order chi connectivity index (χ1) is 13.5. The Kier molecular flexibility index (Phi) is 7.87. The minimum Gasteiger partial charge on any atom is -0.497 e. The van der Waals surface area contributed by atoms with Crippen molar-refractivity contribution >= 4 is 11.8 Å². The lowest BCUT2D eigenvalue weighted by Gasteiger charge is -2.30. The summed E-state index contributed by atoms with van der Waals surface area (Å²) in [5, 5.41) is 2.66. The molecule has 6 nitrogen and oxygen atoms in total. The van der Waals surface area contributed by atoms with Gasteiger partial charge in [0, 0.05) is 13.6 Å². The number of likely N-dealkylation sites (N-methyl/N-ethyl adjacent to an activating group) is 1. The van der Waals surface area contributed by atoms with Gasteiger partial charge in [0.15, 0.2) is 0 Å². The first-order valence-corrected chi connectivity index (χ1v) is 9.29. The summed E-state index contributed by atoms with van der Waals surface area (Å²) in [5.41, 5.74) is 1.81. The number of nitrogens with one attached hydrogen (secondary N) is 1. The van der Waals surface area contributed by atoms with Crippen LogP contribution in [0.3, 0.4) is 0 Å². The zero-order valence-corrected chi connectivity index (χ0v) is 16.9. The molecule has 0 spiro atoms. The highest BCUT2D eigenvalue weighted by Crippen LogP contribution is 2.18. The van der Waals surface area contributed by atoms with E-state index in [2.05, 4.69) is 5.32 Å². The fourth-order valence-electron chi connectivity index (χ4n) is 3.03. The third-order valence-electron chi connectivity index (χ3n) is 4.66. The van der Waals surface area contributed by atoms with Crippen molar-refractivity contribution in [1.82, 2.24) is 10.2 Å². The van der Waals surface area contributed by atoms with E-state index in [0.29, 0.717) is 13.0 Å². The van der Waals surface area contributed by atoms with Crippen LogP contribution in [0.2, 0.25) is 0 Å². The first kappa shape index (κ1) is 21.3. The number of methoxy groups -OCH3 is 2. The molecule has 2 amide bonds. The van der Waals surface area contributed by atoms with E-state index in [0.717, 1.165) is 22.6 Å². The molecule has 28 heavy (non-hydrogen) atoms. The second-order valence-corrected chi connectivity index (χ2v) is 6.43. The van der Waals surface area contributed by atoms with Crippen LogP contribution in [0.15, 0.2) is 48.5 Å². The third kappa shape index (κ3) is 5.49. The van der Waals surface area contributed by atoms with Gasteiger partial charge in [0.1, 0.15) is 17.5 Å². The smallest absolute Gasteiger partial charge is 0.242 e. The lowest BCUT2D eigenvalue weighted by molar-refractivity contribution is -0.140. The molecular weight excluding hydrogens is 356 g/mol. The normalized spacial score (nSPS) is 11.4. The van der Waals surface area contributed by atoms with Crippen LogP contribution in [-0.4, -0.2) is 44.0 Å². The number of rotatable bonds is 9. The molecule has 0 saturated carbocycles. The number of hydrogen-bond acceptors (Lipinski definition) is 4. The molecule has 0 unspecified atom stereocenters. The minimum absolute atomic E-state index is 0.101. The Bertz CT molecular complexity index is 772. The fraction of sp³-hybridized carbons (Fsp3) is 0.364. The number of carbonyl (C=O) groups excluding carboxylic acids is 2. The van der Waals surface area contributed by atoms with E-state index < -0.39 is 6.04 Å². The van der Waals surface area contributed by atoms with Gasteiger partial charge in [-0.2, -0.15) is 0 Å². The van der Waals surface area contributed by atoms with Crippen molar-refractivity contribution in [2.24, 2.45) is 0 Å². The summed E-state index contributed by atoms with van der Waals surface area (Å²) in [6, 6.07) is 14.4. The highest BCUT2D eigenvalue weighted by Gasteiger charge is 2.28. The molecule has 0 aromatic heterocycles. The zero-order valence-electron chi connectivity index (χ0n) is 16.9. The summed E-state index contributed by atoms with van der Waals surface area (Å²) in [5.74, 6) is 1.22. The standard InChI is InChI=1S/C22H28N2O4/c1-5-20(22(26)23-2)24(15-17-8-12-19(28-4)13-9-17)21(25)14-16-6-10-18(27-3)11-7-16/h6-13,20H,5,14-15H2,1-4H3,(H,23,26)/t20-/m1/s1. The topological polar surface area (TPSA) is 67.9 Å². The molecule has 150 valence electrons. The second kappa shape index (κ2) is 10.3. The Balaban J connectivity index is 2.24. The summed E-state index contributed by atoms with van der Waals surface area (Å²) >= 11 is 0. The SMILES string of the molecule is CC[C@H](C(=O)NC)N(Cc1ccc(OC)cc1)C(=O)Cc1ccc(OC)cc1. The molecule has 0 bridgehead atoms. The van der Waals surface area contributed by atoms with Crippen molar-refractivity contribution in [2.45, 2.75) is 32.4 Å². The molecule has 2 aromatic carbocycles. The number of carbonyl (C=O) groups is 2. The van der Waals surface area contributed by atoms with Crippen LogP contribution in [0.4, 0.5) is 0 Å². The van der Waals surface area contributed by atoms with E-state index >= 15 is 0 Å². The predicted octanol–water partition coefficient (Wildman–Crippen LogP) is 2.80. The summed E-state index contributed by atoms with van der Waals surface area (Å²) < 4.78 is 10.4. The molecule has 2 aromatic rings. The van der Waals surface area contributed by atoms with Crippen LogP contribution in [0.25, 0.3) is 0 Å². The van der Waals surface area contributed by atoms with Gasteiger partial charge in [0.2, 0.25) is 11.8 Å². The van der Waals surface area contributed by atoms with Crippen molar-refractivity contribution in [3.8, 4) is 11.5 Å². The lowest BCUT2D eigenvalue weighted by Crippen LogP contribution is -2.48. The summed E-state index contributed by atoms with van der Waals surface area (Å²) in [6.45, 7) is 2.26. The van der Waals surface area contributed by atoms with Crippen LogP contribution in [-0.2, 0) is 22.6 Å². The Morgan fingerprint density at radius 3 is 1.86 bits per heavy atom. The van der Waals surface area contributed by atoms with Crippen molar-refractivity contribution in [1.29, 1.82) is 0 Å². The van der Waals surface area contributed by atoms with Gasteiger partial charge in [0.25, 0.3) is 0 Å². The van der Waals surface area contributed by atoms with Crippen LogP contribution < -0.4 is 14.8 Å². The molecule has 0 saturated heterocycles. The van der Waals surface area contributed by atoms with E-state index in [1.807, 2.05) is 55.5 Å². The summed E-state index contributed by atoms with van der Waals surface area (Å²) in [7, 11) is 4.80. The molecule has 6 heteroatoms. The molecule has 0 aliphatic rings. The Labute approximate surface area is 166 Å². The van der Waals surface area contributed by atoms with Gasteiger partial charge in [-0.15, -0.1) is 0 Å². The van der Waals surface area contributed by atoms with Crippen molar-refractivity contribution in [3.63, 3.8) is 0 Å². The maximum atomic E-state index is 13.1. The maximum absolute atomic E-state index is 13.1. The van der Waals surface area contributed by atoms with Crippen molar-refractivity contribution in [3.05, 3.63) is 59.7 Å². The van der Waals surface area contributed by atoms with Crippen LogP contribution >= 0.6 is 0 Å². The third-order valence-corrected chi connectivity index (χ3v) is 4.66. The monoisotopic (exact) mass is 384 g/mol. The second-order valence-electron chi connectivity index (χ2n) is 6.43. The fourth-order valence-corrected chi connectivity index (χ4v) is 3.03.